The Morgan fingerprint density at radius 1 is 1.13 bits per heavy atom. The maximum absolute atomic E-state index is 13.2. The van der Waals surface area contributed by atoms with Crippen molar-refractivity contribution in [1.82, 2.24) is 14.6 Å². The van der Waals surface area contributed by atoms with E-state index in [0.717, 1.165) is 0 Å². The van der Waals surface area contributed by atoms with Crippen LogP contribution in [0.4, 0.5) is 22.0 Å². The Hall–Kier alpha value is -2.71. The predicted molar refractivity (Wildman–Crippen MR) is 71.2 cm³/mol. The Balaban J connectivity index is 2.45. The summed E-state index contributed by atoms with van der Waals surface area (Å²) in [7, 11) is 0. The highest BCUT2D eigenvalue weighted by molar-refractivity contribution is 5.80. The van der Waals surface area contributed by atoms with E-state index in [1.165, 1.54) is 24.3 Å². The van der Waals surface area contributed by atoms with Crippen molar-refractivity contribution >= 4 is 5.65 Å². The largest absolute Gasteiger partial charge is 0.433 e. The van der Waals surface area contributed by atoms with Crippen molar-refractivity contribution in [2.45, 2.75) is 12.6 Å². The van der Waals surface area contributed by atoms with Gasteiger partial charge in [0.25, 0.3) is 12.0 Å². The van der Waals surface area contributed by atoms with Gasteiger partial charge in [0.05, 0.1) is 5.56 Å². The molecule has 0 aliphatic carbocycles. The molecule has 23 heavy (non-hydrogen) atoms. The average molecular weight is 329 g/mol. The molecule has 9 heteroatoms. The van der Waals surface area contributed by atoms with Crippen LogP contribution < -0.4 is 5.56 Å². The lowest BCUT2D eigenvalue weighted by atomic mass is 10.1. The zero-order chi connectivity index (χ0) is 16.8. The molecule has 2 heterocycles. The van der Waals surface area contributed by atoms with Gasteiger partial charge in [-0.15, -0.1) is 0 Å². The molecule has 2 aromatic heterocycles. The Bertz CT molecular complexity index is 912. The van der Waals surface area contributed by atoms with Gasteiger partial charge in [-0.3, -0.25) is 9.89 Å². The fraction of sp³-hybridized carbons (Fsp3) is 0.143. The molecule has 120 valence electrons. The number of alkyl halides is 5. The van der Waals surface area contributed by atoms with Crippen LogP contribution in [-0.4, -0.2) is 14.6 Å². The minimum atomic E-state index is -4.81. The fourth-order valence-electron chi connectivity index (χ4n) is 2.25. The van der Waals surface area contributed by atoms with Gasteiger partial charge >= 0.3 is 6.18 Å². The predicted octanol–water partition coefficient (Wildman–Crippen LogP) is 3.65. The summed E-state index contributed by atoms with van der Waals surface area (Å²) in [5, 5.41) is 1.91. The zero-order valence-electron chi connectivity index (χ0n) is 11.2. The molecule has 0 bridgehead atoms. The first-order valence-corrected chi connectivity index (χ1v) is 6.35. The normalized spacial score (nSPS) is 12.3. The van der Waals surface area contributed by atoms with Crippen molar-refractivity contribution in [3.63, 3.8) is 0 Å². The number of aromatic amines is 1. The minimum Gasteiger partial charge on any atom is -0.284 e. The number of nitrogens with zero attached hydrogens (tertiary/aromatic N) is 2. The molecule has 0 unspecified atom stereocenters. The van der Waals surface area contributed by atoms with Crippen LogP contribution in [0.5, 0.6) is 0 Å². The van der Waals surface area contributed by atoms with Gasteiger partial charge in [-0.2, -0.15) is 13.2 Å². The van der Waals surface area contributed by atoms with Gasteiger partial charge in [-0.1, -0.05) is 30.3 Å². The van der Waals surface area contributed by atoms with Crippen LogP contribution in [0.25, 0.3) is 16.8 Å². The number of hydrogen-bond acceptors (Lipinski definition) is 2. The van der Waals surface area contributed by atoms with Crippen LogP contribution in [0, 0.1) is 0 Å². The van der Waals surface area contributed by atoms with Crippen LogP contribution >= 0.6 is 0 Å². The molecule has 0 amide bonds. The SMILES string of the molecule is O=c1cc(C(F)F)nc2c(-c3ccccc3)c(C(F)(F)F)[nH]n12. The lowest BCUT2D eigenvalue weighted by Gasteiger charge is -2.07. The second kappa shape index (κ2) is 5.18. The molecule has 1 N–H and O–H groups in total. The van der Waals surface area contributed by atoms with E-state index in [2.05, 4.69) is 4.98 Å². The number of hydrogen-bond donors (Lipinski definition) is 1. The van der Waals surface area contributed by atoms with Crippen molar-refractivity contribution in [1.29, 1.82) is 0 Å². The molecule has 0 saturated heterocycles. The molecule has 3 aromatic rings. The highest BCUT2D eigenvalue weighted by Gasteiger charge is 2.38. The highest BCUT2D eigenvalue weighted by Crippen LogP contribution is 2.38. The second-order valence-electron chi connectivity index (χ2n) is 4.70. The van der Waals surface area contributed by atoms with Crippen LogP contribution in [0.15, 0.2) is 41.2 Å². The number of nitrogens with one attached hydrogen (secondary N) is 1. The topological polar surface area (TPSA) is 50.2 Å². The first-order chi connectivity index (χ1) is 10.8. The van der Waals surface area contributed by atoms with Crippen molar-refractivity contribution in [3.05, 3.63) is 58.1 Å². The molecular weight excluding hydrogens is 321 g/mol. The third-order valence-corrected chi connectivity index (χ3v) is 3.21. The summed E-state index contributed by atoms with van der Waals surface area (Å²) >= 11 is 0. The van der Waals surface area contributed by atoms with Gasteiger partial charge in [0.15, 0.2) is 5.65 Å². The van der Waals surface area contributed by atoms with Gasteiger partial charge in [-0.05, 0) is 5.56 Å². The number of halogens is 5. The number of fused-ring (bicyclic) bond motifs is 1. The lowest BCUT2D eigenvalue weighted by molar-refractivity contribution is -0.140. The zero-order valence-corrected chi connectivity index (χ0v) is 11.2. The summed E-state index contributed by atoms with van der Waals surface area (Å²) in [5.74, 6) is 0. The number of aromatic nitrogens is 3. The first kappa shape index (κ1) is 15.2. The maximum Gasteiger partial charge on any atom is 0.433 e. The number of benzene rings is 1. The fourth-order valence-corrected chi connectivity index (χ4v) is 2.25. The molecule has 0 aliphatic rings. The van der Waals surface area contributed by atoms with E-state index in [1.54, 1.807) is 6.07 Å². The summed E-state index contributed by atoms with van der Waals surface area (Å²) in [4.78, 5) is 15.3. The van der Waals surface area contributed by atoms with E-state index < -0.39 is 40.8 Å². The van der Waals surface area contributed by atoms with Crippen molar-refractivity contribution < 1.29 is 22.0 Å². The second-order valence-corrected chi connectivity index (χ2v) is 4.70. The molecule has 0 spiro atoms. The van der Waals surface area contributed by atoms with Gasteiger partial charge < -0.3 is 0 Å². The summed E-state index contributed by atoms with van der Waals surface area (Å²) in [6, 6.07) is 7.83. The van der Waals surface area contributed by atoms with E-state index >= 15 is 0 Å². The van der Waals surface area contributed by atoms with Crippen LogP contribution in [0.2, 0.25) is 0 Å². The summed E-state index contributed by atoms with van der Waals surface area (Å²) < 4.78 is 65.8. The third kappa shape index (κ3) is 2.58. The van der Waals surface area contributed by atoms with E-state index in [-0.39, 0.29) is 5.56 Å². The molecular formula is C14H8F5N3O. The van der Waals surface area contributed by atoms with Gasteiger partial charge in [0.2, 0.25) is 0 Å². The van der Waals surface area contributed by atoms with Crippen LogP contribution in [0.1, 0.15) is 17.8 Å². The molecule has 0 atom stereocenters. The Kier molecular flexibility index (Phi) is 3.42. The van der Waals surface area contributed by atoms with Crippen molar-refractivity contribution in [2.75, 3.05) is 0 Å². The smallest absolute Gasteiger partial charge is 0.284 e. The molecule has 0 fully saturated rings. The average Bonchev–Trinajstić information content (AvgIpc) is 2.88. The summed E-state index contributed by atoms with van der Waals surface area (Å²) in [6.07, 6.45) is -7.88. The Labute approximate surface area is 125 Å². The van der Waals surface area contributed by atoms with E-state index in [9.17, 15) is 26.7 Å². The molecule has 0 aliphatic heterocycles. The first-order valence-electron chi connectivity index (χ1n) is 6.35. The monoisotopic (exact) mass is 329 g/mol. The summed E-state index contributed by atoms with van der Waals surface area (Å²) in [6.45, 7) is 0. The van der Waals surface area contributed by atoms with E-state index in [1.807, 2.05) is 5.10 Å². The standard InChI is InChI=1S/C14H8F5N3O/c15-12(16)8-6-9(23)22-13(20-8)10(7-4-2-1-3-5-7)11(21-22)14(17,18)19/h1-6,12,21H. The van der Waals surface area contributed by atoms with Gasteiger partial charge in [0, 0.05) is 6.07 Å². The molecule has 3 rings (SSSR count). The number of rotatable bonds is 2. The van der Waals surface area contributed by atoms with Crippen molar-refractivity contribution in [2.24, 2.45) is 0 Å². The lowest BCUT2D eigenvalue weighted by Crippen LogP contribution is -2.16. The van der Waals surface area contributed by atoms with Crippen molar-refractivity contribution in [3.8, 4) is 11.1 Å². The van der Waals surface area contributed by atoms with Gasteiger partial charge in [-0.25, -0.2) is 18.3 Å². The Morgan fingerprint density at radius 2 is 1.78 bits per heavy atom. The maximum atomic E-state index is 13.2. The molecule has 0 radical (unpaired) electrons. The van der Waals surface area contributed by atoms with Crippen LogP contribution in [-0.2, 0) is 6.18 Å². The number of H-pyrrole nitrogens is 1. The summed E-state index contributed by atoms with van der Waals surface area (Å²) in [5.41, 5.74) is -3.97. The molecule has 1 aromatic carbocycles. The molecule has 0 saturated carbocycles. The third-order valence-electron chi connectivity index (χ3n) is 3.21. The Morgan fingerprint density at radius 3 is 2.35 bits per heavy atom. The molecule has 4 nitrogen and oxygen atoms in total. The minimum absolute atomic E-state index is 0.108. The quantitative estimate of drug-likeness (QED) is 0.730. The van der Waals surface area contributed by atoms with Crippen LogP contribution in [0.3, 0.4) is 0 Å². The van der Waals surface area contributed by atoms with E-state index in [4.69, 9.17) is 0 Å². The van der Waals surface area contributed by atoms with E-state index in [0.29, 0.717) is 10.6 Å². The van der Waals surface area contributed by atoms with Gasteiger partial charge in [0.1, 0.15) is 11.4 Å². The highest BCUT2D eigenvalue weighted by atomic mass is 19.4.